The molecular weight excluding hydrogens is 1460 g/mol. The lowest BCUT2D eigenvalue weighted by molar-refractivity contribution is -0.151. The van der Waals surface area contributed by atoms with Gasteiger partial charge in [0, 0.05) is 38.8 Å². The largest absolute Gasteiger partial charge is 0.472 e. The van der Waals surface area contributed by atoms with Crippen molar-refractivity contribution in [3.63, 3.8) is 0 Å². The lowest BCUT2D eigenvalue weighted by Crippen LogP contribution is -2.42. The van der Waals surface area contributed by atoms with E-state index >= 15 is 0 Å². The second-order valence-electron chi connectivity index (χ2n) is 30.3. The van der Waals surface area contributed by atoms with E-state index in [9.17, 15) is 57.9 Å². The fourth-order valence-electron chi connectivity index (χ4n) is 12.7. The number of amides is 4. The van der Waals surface area contributed by atoms with Crippen molar-refractivity contribution in [3.05, 3.63) is 24.3 Å². The van der Waals surface area contributed by atoms with Crippen LogP contribution in [0.3, 0.4) is 0 Å². The number of hydrogen-bond acceptors (Lipinski definition) is 18. The van der Waals surface area contributed by atoms with Gasteiger partial charge < -0.3 is 60.2 Å². The van der Waals surface area contributed by atoms with E-state index in [1.807, 2.05) is 0 Å². The van der Waals surface area contributed by atoms with Gasteiger partial charge >= 0.3 is 27.6 Å². The number of ether oxygens (including phenoxy) is 4. The molecule has 0 spiro atoms. The van der Waals surface area contributed by atoms with Crippen molar-refractivity contribution >= 4 is 51.2 Å². The molecule has 4 amide bonds. The van der Waals surface area contributed by atoms with Crippen LogP contribution in [0.1, 0.15) is 382 Å². The number of hydrogen-bond donors (Lipinski definition) is 8. The van der Waals surface area contributed by atoms with Crippen LogP contribution in [0.2, 0.25) is 0 Å². The Hall–Kier alpha value is -3.64. The first kappa shape index (κ1) is 107. The second-order valence-corrected chi connectivity index (χ2v) is 33.2. The number of carbonyl (C=O) groups is 6. The minimum absolute atomic E-state index is 0.148. The van der Waals surface area contributed by atoms with Gasteiger partial charge in [-0.15, -0.1) is 0 Å². The number of phosphoric acid groups is 2. The topological polar surface area (TPSA) is 339 Å². The smallest absolute Gasteiger partial charge is 0.462 e. The summed E-state index contributed by atoms with van der Waals surface area (Å²) in [4.78, 5) is 99.6. The third-order valence-corrected chi connectivity index (χ3v) is 21.3. The molecular formula is C85H162N4O20P2. The summed E-state index contributed by atoms with van der Waals surface area (Å²) in [5.41, 5.74) is 0. The van der Waals surface area contributed by atoms with Gasteiger partial charge in [-0.1, -0.05) is 271 Å². The molecule has 0 radical (unpaired) electrons. The van der Waals surface area contributed by atoms with E-state index in [0.29, 0.717) is 64.2 Å². The zero-order valence-electron chi connectivity index (χ0n) is 70.5. The van der Waals surface area contributed by atoms with Crippen molar-refractivity contribution < 1.29 is 94.9 Å². The standard InChI is InChI=1S/C85H162N4O20P2/c1-7-13-19-25-29-33-37-43-47-53-76(90)67-82(94)88-74(70-102-63-59-78(55-49-41-23-17-11-5)108-84(96)57-51-45-39-35-31-27-21-15-9-3)72-106-110(98,99)104-65-61-86-80(92)69-81(93)87-62-66-105-111(100,101)107-73-75(89-83(95)68-77(91)54-48-44-38-34-30-26-20-14-8-2)71-103-64-60-79(56-50-42-24-18-12-6)109-85(97)58-52-46-40-36-32-28-22-16-10-4/h35-36,39-40,74-79,90-91H,7-34,37-38,41-73H2,1-6H3,(H,86,92)(H,87,93)(H,88,94)(H,89,95)(H,98,99)(H,100,101)/b39-35-,40-36-/t74?,75?,76-,77-,78?,79?/m1/s1. The molecule has 0 fully saturated rings. The number of rotatable bonds is 84. The normalized spacial score (nSPS) is 14.5. The van der Waals surface area contributed by atoms with Gasteiger partial charge in [-0.3, -0.25) is 46.9 Å². The van der Waals surface area contributed by atoms with Gasteiger partial charge in [0.15, 0.2) is 0 Å². The summed E-state index contributed by atoms with van der Waals surface area (Å²) in [6.07, 6.45) is 53.6. The van der Waals surface area contributed by atoms with Crippen LogP contribution in [-0.4, -0.2) is 158 Å². The minimum atomic E-state index is -4.81. The Kier molecular flexibility index (Phi) is 75.0. The van der Waals surface area contributed by atoms with Crippen LogP contribution in [-0.2, 0) is 74.9 Å². The van der Waals surface area contributed by atoms with Crippen LogP contribution < -0.4 is 21.3 Å². The number of phosphoric ester groups is 2. The molecule has 0 aliphatic heterocycles. The Bertz CT molecular complexity index is 2240. The molecule has 26 heteroatoms. The summed E-state index contributed by atoms with van der Waals surface area (Å²) in [5.74, 6) is -3.10. The predicted molar refractivity (Wildman–Crippen MR) is 444 cm³/mol. The maximum Gasteiger partial charge on any atom is 0.472 e. The molecule has 24 nitrogen and oxygen atoms in total. The number of carbonyl (C=O) groups excluding carboxylic acids is 6. The number of aliphatic hydroxyl groups is 2. The molecule has 8 atom stereocenters. The Morgan fingerprint density at radius 3 is 0.946 bits per heavy atom. The average Bonchev–Trinajstić information content (AvgIpc) is 0.911. The minimum Gasteiger partial charge on any atom is -0.462 e. The van der Waals surface area contributed by atoms with Crippen LogP contribution in [0.15, 0.2) is 24.3 Å². The Morgan fingerprint density at radius 2 is 0.622 bits per heavy atom. The number of unbranched alkanes of at least 4 members (excludes halogenated alkanes) is 34. The van der Waals surface area contributed by atoms with E-state index in [1.54, 1.807) is 0 Å². The SMILES string of the molecule is CCCCCC/C=C\CCCC(=O)OC(CCCCCCC)CCOCC(COP(=O)(O)OCCNC(=O)CC(=O)NCCOP(=O)(O)OCC(COCCC(CCCCCCC)OC(=O)CCC/C=C\CCCCCC)NC(=O)C[C@H](O)CCCCCCCCCCC)NC(=O)C[C@H](O)CCCCCCCCCCC. The van der Waals surface area contributed by atoms with Crippen molar-refractivity contribution in [2.75, 3.05) is 65.9 Å². The van der Waals surface area contributed by atoms with Gasteiger partial charge in [0.05, 0.1) is 90.0 Å². The highest BCUT2D eigenvalue weighted by atomic mass is 31.2. The molecule has 6 unspecified atom stereocenters. The third kappa shape index (κ3) is 74.9. The molecule has 8 N–H and O–H groups in total. The van der Waals surface area contributed by atoms with Gasteiger partial charge in [-0.2, -0.15) is 0 Å². The number of allylic oxidation sites excluding steroid dienone is 4. The van der Waals surface area contributed by atoms with E-state index in [1.165, 1.54) is 103 Å². The van der Waals surface area contributed by atoms with Crippen molar-refractivity contribution in [1.29, 1.82) is 0 Å². The summed E-state index contributed by atoms with van der Waals surface area (Å²) in [6.45, 7) is 10.4. The van der Waals surface area contributed by atoms with Crippen LogP contribution >= 0.6 is 15.6 Å². The lowest BCUT2D eigenvalue weighted by atomic mass is 10.0. The zero-order chi connectivity index (χ0) is 81.8. The average molecular weight is 1620 g/mol. The molecule has 0 saturated heterocycles. The molecule has 0 aromatic rings. The van der Waals surface area contributed by atoms with E-state index in [4.69, 9.17) is 37.0 Å². The fraction of sp³-hybridized carbons (Fsp3) is 0.882. The predicted octanol–water partition coefficient (Wildman–Crippen LogP) is 18.9. The number of aliphatic hydroxyl groups excluding tert-OH is 2. The molecule has 0 aromatic heterocycles. The lowest BCUT2D eigenvalue weighted by Gasteiger charge is -2.22. The first-order chi connectivity index (χ1) is 53.7. The van der Waals surface area contributed by atoms with Gasteiger partial charge in [-0.25, -0.2) is 9.13 Å². The van der Waals surface area contributed by atoms with Crippen LogP contribution in [0, 0.1) is 0 Å². The van der Waals surface area contributed by atoms with Gasteiger partial charge in [-0.05, 0) is 89.9 Å². The van der Waals surface area contributed by atoms with E-state index in [2.05, 4.69) is 87.1 Å². The zero-order valence-corrected chi connectivity index (χ0v) is 72.3. The molecule has 0 heterocycles. The van der Waals surface area contributed by atoms with Crippen molar-refractivity contribution in [2.45, 2.75) is 418 Å². The first-order valence-electron chi connectivity index (χ1n) is 44.3. The second kappa shape index (κ2) is 77.6. The summed E-state index contributed by atoms with van der Waals surface area (Å²) >= 11 is 0. The Morgan fingerprint density at radius 1 is 0.333 bits per heavy atom. The monoisotopic (exact) mass is 1620 g/mol. The highest BCUT2D eigenvalue weighted by Crippen LogP contribution is 2.44. The third-order valence-electron chi connectivity index (χ3n) is 19.4. The van der Waals surface area contributed by atoms with Crippen LogP contribution in [0.4, 0.5) is 0 Å². The van der Waals surface area contributed by atoms with E-state index < -0.39 is 96.4 Å². The highest BCUT2D eigenvalue weighted by Gasteiger charge is 2.28. The van der Waals surface area contributed by atoms with Crippen molar-refractivity contribution in [3.8, 4) is 0 Å². The maximum atomic E-state index is 13.3. The first-order valence-corrected chi connectivity index (χ1v) is 47.3. The molecule has 0 aliphatic carbocycles. The van der Waals surface area contributed by atoms with Crippen molar-refractivity contribution in [2.24, 2.45) is 0 Å². The van der Waals surface area contributed by atoms with Crippen molar-refractivity contribution in [1.82, 2.24) is 21.3 Å². The molecule has 652 valence electrons. The van der Waals surface area contributed by atoms with Crippen LogP contribution in [0.25, 0.3) is 0 Å². The summed E-state index contributed by atoms with van der Waals surface area (Å²) in [5, 5.41) is 32.0. The fourth-order valence-corrected chi connectivity index (χ4v) is 14.2. The van der Waals surface area contributed by atoms with Crippen LogP contribution in [0.5, 0.6) is 0 Å². The van der Waals surface area contributed by atoms with E-state index in [0.717, 1.165) is 154 Å². The van der Waals surface area contributed by atoms with Gasteiger partial charge in [0.25, 0.3) is 0 Å². The van der Waals surface area contributed by atoms with Gasteiger partial charge in [0.1, 0.15) is 18.6 Å². The molecule has 111 heavy (non-hydrogen) atoms. The highest BCUT2D eigenvalue weighted by molar-refractivity contribution is 7.47. The summed E-state index contributed by atoms with van der Waals surface area (Å²) < 4.78 is 71.2. The molecule has 0 rings (SSSR count). The summed E-state index contributed by atoms with van der Waals surface area (Å²) in [6, 6.07) is -1.91. The Balaban J connectivity index is 5.66. The molecule has 0 bridgehead atoms. The Labute approximate surface area is 672 Å². The number of esters is 2. The van der Waals surface area contributed by atoms with Gasteiger partial charge in [0.2, 0.25) is 23.6 Å². The maximum absolute atomic E-state index is 13.3. The molecule has 0 saturated carbocycles. The molecule has 0 aromatic carbocycles. The number of nitrogens with one attached hydrogen (secondary N) is 4. The summed E-state index contributed by atoms with van der Waals surface area (Å²) in [7, 11) is -9.62. The quantitative estimate of drug-likeness (QED) is 0.00922. The molecule has 0 aliphatic rings. The van der Waals surface area contributed by atoms with E-state index in [-0.39, 0.29) is 76.5 Å².